The van der Waals surface area contributed by atoms with Crippen LogP contribution in [0.4, 0.5) is 14.5 Å². The molecule has 1 rings (SSSR count). The first-order chi connectivity index (χ1) is 5.15. The number of nitrogens with one attached hydrogen (secondary N) is 1. The zero-order chi connectivity index (χ0) is 8.43. The van der Waals surface area contributed by atoms with Crippen LogP contribution in [0.3, 0.4) is 0 Å². The van der Waals surface area contributed by atoms with Crippen molar-refractivity contribution in [2.75, 3.05) is 5.48 Å². The second-order valence-electron chi connectivity index (χ2n) is 2.19. The van der Waals surface area contributed by atoms with Gasteiger partial charge in [0, 0.05) is 6.07 Å². The Bertz CT molecular complexity index is 275. The van der Waals surface area contributed by atoms with Gasteiger partial charge in [-0.05, 0) is 18.6 Å². The zero-order valence-corrected chi connectivity index (χ0v) is 5.86. The molecular weight excluding hydrogens is 152 g/mol. The average Bonchev–Trinajstić information content (AvgIpc) is 1.97. The number of hydrogen-bond acceptors (Lipinski definition) is 2. The SMILES string of the molecule is Cc1cc(NO)c(F)cc1F. The van der Waals surface area contributed by atoms with Crippen molar-refractivity contribution in [2.45, 2.75) is 6.92 Å². The van der Waals surface area contributed by atoms with Crippen molar-refractivity contribution in [3.05, 3.63) is 29.3 Å². The summed E-state index contributed by atoms with van der Waals surface area (Å²) in [7, 11) is 0. The molecular formula is C7H7F2NO. The van der Waals surface area contributed by atoms with E-state index in [1.165, 1.54) is 13.0 Å². The minimum atomic E-state index is -0.810. The molecule has 0 aliphatic rings. The highest BCUT2D eigenvalue weighted by molar-refractivity contribution is 5.45. The number of benzene rings is 1. The highest BCUT2D eigenvalue weighted by Crippen LogP contribution is 2.17. The van der Waals surface area contributed by atoms with Crippen molar-refractivity contribution in [1.82, 2.24) is 0 Å². The molecule has 11 heavy (non-hydrogen) atoms. The maximum absolute atomic E-state index is 12.6. The maximum atomic E-state index is 12.6. The summed E-state index contributed by atoms with van der Waals surface area (Å²) in [5.74, 6) is -1.43. The number of anilines is 1. The lowest BCUT2D eigenvalue weighted by Crippen LogP contribution is -1.95. The van der Waals surface area contributed by atoms with Crippen molar-refractivity contribution in [3.8, 4) is 0 Å². The number of aryl methyl sites for hydroxylation is 1. The van der Waals surface area contributed by atoms with E-state index >= 15 is 0 Å². The van der Waals surface area contributed by atoms with E-state index in [9.17, 15) is 8.78 Å². The van der Waals surface area contributed by atoms with Gasteiger partial charge in [-0.2, -0.15) is 0 Å². The van der Waals surface area contributed by atoms with Crippen LogP contribution in [0, 0.1) is 18.6 Å². The minimum absolute atomic E-state index is 0.121. The predicted octanol–water partition coefficient (Wildman–Crippen LogP) is 2.07. The van der Waals surface area contributed by atoms with E-state index in [1.54, 1.807) is 5.48 Å². The lowest BCUT2D eigenvalue weighted by atomic mass is 10.2. The molecule has 0 unspecified atom stereocenters. The third kappa shape index (κ3) is 1.46. The van der Waals surface area contributed by atoms with Crippen LogP contribution in [0.15, 0.2) is 12.1 Å². The van der Waals surface area contributed by atoms with Crippen LogP contribution in [-0.4, -0.2) is 5.21 Å². The molecule has 0 amide bonds. The fraction of sp³-hybridized carbons (Fsp3) is 0.143. The van der Waals surface area contributed by atoms with Gasteiger partial charge in [0.2, 0.25) is 0 Å². The molecule has 2 nitrogen and oxygen atoms in total. The molecule has 0 aromatic heterocycles. The molecule has 0 fully saturated rings. The lowest BCUT2D eigenvalue weighted by molar-refractivity contribution is 0.383. The van der Waals surface area contributed by atoms with Gasteiger partial charge in [-0.3, -0.25) is 10.7 Å². The summed E-state index contributed by atoms with van der Waals surface area (Å²) in [6.07, 6.45) is 0. The van der Waals surface area contributed by atoms with Gasteiger partial charge in [0.05, 0.1) is 5.69 Å². The number of rotatable bonds is 1. The monoisotopic (exact) mass is 159 g/mol. The van der Waals surface area contributed by atoms with Crippen molar-refractivity contribution in [3.63, 3.8) is 0 Å². The smallest absolute Gasteiger partial charge is 0.151 e. The Labute approximate surface area is 62.4 Å². The Morgan fingerprint density at radius 1 is 1.27 bits per heavy atom. The van der Waals surface area contributed by atoms with E-state index in [1.807, 2.05) is 0 Å². The third-order valence-corrected chi connectivity index (χ3v) is 1.37. The van der Waals surface area contributed by atoms with Crippen LogP contribution in [0.2, 0.25) is 0 Å². The highest BCUT2D eigenvalue weighted by Gasteiger charge is 2.05. The summed E-state index contributed by atoms with van der Waals surface area (Å²) in [5, 5.41) is 8.32. The largest absolute Gasteiger partial charge is 0.291 e. The third-order valence-electron chi connectivity index (χ3n) is 1.37. The van der Waals surface area contributed by atoms with Gasteiger partial charge in [0.15, 0.2) is 5.82 Å². The topological polar surface area (TPSA) is 32.3 Å². The molecule has 0 bridgehead atoms. The second-order valence-corrected chi connectivity index (χ2v) is 2.19. The van der Waals surface area contributed by atoms with E-state index in [-0.39, 0.29) is 11.3 Å². The van der Waals surface area contributed by atoms with Crippen LogP contribution in [0.25, 0.3) is 0 Å². The van der Waals surface area contributed by atoms with Crippen molar-refractivity contribution in [1.29, 1.82) is 0 Å². The summed E-state index contributed by atoms with van der Waals surface area (Å²) in [5.41, 5.74) is 1.78. The summed E-state index contributed by atoms with van der Waals surface area (Å²) in [4.78, 5) is 0. The molecule has 4 heteroatoms. The van der Waals surface area contributed by atoms with E-state index < -0.39 is 11.6 Å². The molecule has 60 valence electrons. The van der Waals surface area contributed by atoms with Gasteiger partial charge in [-0.15, -0.1) is 0 Å². The summed E-state index contributed by atoms with van der Waals surface area (Å²) >= 11 is 0. The summed E-state index contributed by atoms with van der Waals surface area (Å²) in [6, 6.07) is 1.90. The molecule has 0 heterocycles. The molecule has 0 saturated carbocycles. The van der Waals surface area contributed by atoms with Gasteiger partial charge in [0.25, 0.3) is 0 Å². The van der Waals surface area contributed by atoms with E-state index in [0.29, 0.717) is 6.07 Å². The first-order valence-corrected chi connectivity index (χ1v) is 3.01. The Balaban J connectivity index is 3.21. The van der Waals surface area contributed by atoms with Crippen molar-refractivity contribution >= 4 is 5.69 Å². The molecule has 0 radical (unpaired) electrons. The molecule has 0 aliphatic carbocycles. The van der Waals surface area contributed by atoms with E-state index in [4.69, 9.17) is 5.21 Å². The molecule has 0 saturated heterocycles. The van der Waals surface area contributed by atoms with Crippen LogP contribution >= 0.6 is 0 Å². The molecule has 0 aliphatic heterocycles. The van der Waals surface area contributed by atoms with Gasteiger partial charge in [-0.1, -0.05) is 0 Å². The zero-order valence-electron chi connectivity index (χ0n) is 5.86. The number of hydrogen-bond donors (Lipinski definition) is 2. The first-order valence-electron chi connectivity index (χ1n) is 3.01. The van der Waals surface area contributed by atoms with Crippen LogP contribution in [0.5, 0.6) is 0 Å². The van der Waals surface area contributed by atoms with Gasteiger partial charge in [-0.25, -0.2) is 8.78 Å². The summed E-state index contributed by atoms with van der Waals surface area (Å²) in [6.45, 7) is 1.48. The Morgan fingerprint density at radius 2 is 1.91 bits per heavy atom. The van der Waals surface area contributed by atoms with Gasteiger partial charge in [0.1, 0.15) is 5.82 Å². The van der Waals surface area contributed by atoms with Crippen molar-refractivity contribution < 1.29 is 14.0 Å². The summed E-state index contributed by atoms with van der Waals surface area (Å²) < 4.78 is 25.1. The number of halogens is 2. The second kappa shape index (κ2) is 2.84. The minimum Gasteiger partial charge on any atom is -0.291 e. The molecule has 0 atom stereocenters. The Kier molecular flexibility index (Phi) is 2.05. The van der Waals surface area contributed by atoms with E-state index in [2.05, 4.69) is 0 Å². The van der Waals surface area contributed by atoms with Crippen LogP contribution in [-0.2, 0) is 0 Å². The molecule has 0 spiro atoms. The van der Waals surface area contributed by atoms with E-state index in [0.717, 1.165) is 0 Å². The fourth-order valence-corrected chi connectivity index (χ4v) is 0.743. The fourth-order valence-electron chi connectivity index (χ4n) is 0.743. The van der Waals surface area contributed by atoms with Gasteiger partial charge >= 0.3 is 0 Å². The average molecular weight is 159 g/mol. The Hall–Kier alpha value is -1.16. The molecule has 1 aromatic rings. The van der Waals surface area contributed by atoms with Gasteiger partial charge < -0.3 is 0 Å². The molecule has 1 aromatic carbocycles. The predicted molar refractivity (Wildman–Crippen MR) is 36.5 cm³/mol. The standard InChI is InChI=1S/C7H7F2NO/c1-4-2-7(10-11)6(9)3-5(4)8/h2-3,10-11H,1H3. The quantitative estimate of drug-likeness (QED) is 0.615. The molecule has 2 N–H and O–H groups in total. The first kappa shape index (κ1) is 7.94. The van der Waals surface area contributed by atoms with Crippen LogP contribution in [0.1, 0.15) is 5.56 Å². The van der Waals surface area contributed by atoms with Crippen LogP contribution < -0.4 is 5.48 Å². The Morgan fingerprint density at radius 3 is 2.45 bits per heavy atom. The highest BCUT2D eigenvalue weighted by atomic mass is 19.1. The maximum Gasteiger partial charge on any atom is 0.151 e. The van der Waals surface area contributed by atoms with Crippen molar-refractivity contribution in [2.24, 2.45) is 0 Å². The lowest BCUT2D eigenvalue weighted by Gasteiger charge is -2.02. The normalized spacial score (nSPS) is 9.82.